The molecule has 0 aliphatic heterocycles. The monoisotopic (exact) mass is 368 g/mol. The van der Waals surface area contributed by atoms with E-state index in [9.17, 15) is 4.79 Å². The molecule has 1 aromatic heterocycles. The van der Waals surface area contributed by atoms with Gasteiger partial charge < -0.3 is 9.64 Å². The second kappa shape index (κ2) is 7.43. The summed E-state index contributed by atoms with van der Waals surface area (Å²) in [5, 5.41) is 0.306. The number of rotatable bonds is 5. The first-order valence-corrected chi connectivity index (χ1v) is 7.50. The van der Waals surface area contributed by atoms with Crippen molar-refractivity contribution in [3.8, 4) is 5.75 Å². The molecule has 1 heterocycles. The summed E-state index contributed by atoms with van der Waals surface area (Å²) in [6.07, 6.45) is 0. The molecule has 2 rings (SSSR count). The third-order valence-corrected chi connectivity index (χ3v) is 3.53. The molecule has 21 heavy (non-hydrogen) atoms. The van der Waals surface area contributed by atoms with Gasteiger partial charge in [0.05, 0.1) is 6.54 Å². The van der Waals surface area contributed by atoms with Gasteiger partial charge in [0, 0.05) is 11.5 Å². The Morgan fingerprint density at radius 3 is 2.67 bits per heavy atom. The highest BCUT2D eigenvalue weighted by atomic mass is 79.9. The molecule has 4 nitrogen and oxygen atoms in total. The third-order valence-electron chi connectivity index (χ3n) is 2.79. The molecule has 1 amide bonds. The Kier molecular flexibility index (Phi) is 5.59. The molecule has 0 spiro atoms. The van der Waals surface area contributed by atoms with Crippen LogP contribution in [0.3, 0.4) is 0 Å². The Hall–Kier alpha value is -1.59. The fourth-order valence-electron chi connectivity index (χ4n) is 1.66. The number of carbonyl (C=O) groups is 1. The van der Waals surface area contributed by atoms with E-state index in [2.05, 4.69) is 20.9 Å². The lowest BCUT2D eigenvalue weighted by molar-refractivity contribution is 0.0768. The molecule has 0 aliphatic rings. The molecule has 0 aliphatic carbocycles. The lowest BCUT2D eigenvalue weighted by Gasteiger charge is -2.17. The minimum atomic E-state index is -0.183. The van der Waals surface area contributed by atoms with Crippen LogP contribution in [-0.2, 0) is 0 Å². The zero-order chi connectivity index (χ0) is 15.2. The summed E-state index contributed by atoms with van der Waals surface area (Å²) in [5.41, 5.74) is 0.327. The third kappa shape index (κ3) is 4.72. The van der Waals surface area contributed by atoms with Crippen LogP contribution < -0.4 is 4.74 Å². The van der Waals surface area contributed by atoms with Crippen LogP contribution >= 0.6 is 27.5 Å². The quantitative estimate of drug-likeness (QED) is 0.756. The second-order valence-corrected chi connectivity index (χ2v) is 5.68. The first-order valence-electron chi connectivity index (χ1n) is 6.32. The second-order valence-electron chi connectivity index (χ2n) is 4.37. The topological polar surface area (TPSA) is 42.4 Å². The number of pyridine rings is 1. The minimum absolute atomic E-state index is 0.183. The molecule has 0 radical (unpaired) electrons. The maximum atomic E-state index is 12.1. The van der Waals surface area contributed by atoms with Crippen LogP contribution in [0.2, 0.25) is 5.15 Å². The smallest absolute Gasteiger partial charge is 0.272 e. The Morgan fingerprint density at radius 1 is 1.29 bits per heavy atom. The van der Waals surface area contributed by atoms with Gasteiger partial charge >= 0.3 is 0 Å². The fraction of sp³-hybridized carbons (Fsp3) is 0.200. The van der Waals surface area contributed by atoms with Gasteiger partial charge in [0.2, 0.25) is 0 Å². The highest BCUT2D eigenvalue weighted by Crippen LogP contribution is 2.16. The van der Waals surface area contributed by atoms with Gasteiger partial charge in [-0.2, -0.15) is 0 Å². The van der Waals surface area contributed by atoms with Crippen LogP contribution in [0.1, 0.15) is 10.5 Å². The van der Waals surface area contributed by atoms with E-state index < -0.39 is 0 Å². The molecule has 0 fully saturated rings. The number of hydrogen-bond donors (Lipinski definition) is 0. The molecule has 6 heteroatoms. The highest BCUT2D eigenvalue weighted by Gasteiger charge is 2.13. The minimum Gasteiger partial charge on any atom is -0.492 e. The summed E-state index contributed by atoms with van der Waals surface area (Å²) in [5.74, 6) is 0.580. The van der Waals surface area contributed by atoms with E-state index in [1.165, 1.54) is 0 Å². The van der Waals surface area contributed by atoms with Crippen molar-refractivity contribution < 1.29 is 9.53 Å². The molecular formula is C15H14BrClN2O2. The first-order chi connectivity index (χ1) is 10.1. The SMILES string of the molecule is CN(CCOc1ccc(Br)cc1)C(=O)c1cccc(Cl)n1. The van der Waals surface area contributed by atoms with E-state index in [1.807, 2.05) is 24.3 Å². The van der Waals surface area contributed by atoms with Crippen LogP contribution in [0.5, 0.6) is 5.75 Å². The molecule has 0 saturated carbocycles. The Morgan fingerprint density at radius 2 is 2.00 bits per heavy atom. The van der Waals surface area contributed by atoms with Gasteiger partial charge in [0.1, 0.15) is 23.2 Å². The summed E-state index contributed by atoms with van der Waals surface area (Å²) in [7, 11) is 1.70. The van der Waals surface area contributed by atoms with Crippen LogP contribution in [-0.4, -0.2) is 36.0 Å². The summed E-state index contributed by atoms with van der Waals surface area (Å²) < 4.78 is 6.57. The predicted octanol–water partition coefficient (Wildman–Crippen LogP) is 3.65. The van der Waals surface area contributed by atoms with Gasteiger partial charge in [-0.25, -0.2) is 4.98 Å². The number of likely N-dealkylation sites (N-methyl/N-ethyl adjacent to an activating group) is 1. The average Bonchev–Trinajstić information content (AvgIpc) is 2.48. The molecule has 110 valence electrons. The predicted molar refractivity (Wildman–Crippen MR) is 85.8 cm³/mol. The number of carbonyl (C=O) groups excluding carboxylic acids is 1. The number of ether oxygens (including phenoxy) is 1. The van der Waals surface area contributed by atoms with Crippen molar-refractivity contribution in [3.05, 3.63) is 57.8 Å². The van der Waals surface area contributed by atoms with Crippen molar-refractivity contribution in [2.24, 2.45) is 0 Å². The van der Waals surface area contributed by atoms with Gasteiger partial charge in [0.25, 0.3) is 5.91 Å². The van der Waals surface area contributed by atoms with E-state index in [0.29, 0.717) is 24.0 Å². The van der Waals surface area contributed by atoms with E-state index in [0.717, 1.165) is 10.2 Å². The maximum Gasteiger partial charge on any atom is 0.272 e. The van der Waals surface area contributed by atoms with Crippen molar-refractivity contribution >= 4 is 33.4 Å². The van der Waals surface area contributed by atoms with Gasteiger partial charge in [0.15, 0.2) is 0 Å². The maximum absolute atomic E-state index is 12.1. The molecule has 1 aromatic carbocycles. The molecule has 0 saturated heterocycles. The molecule has 0 unspecified atom stereocenters. The van der Waals surface area contributed by atoms with E-state index in [1.54, 1.807) is 30.1 Å². The van der Waals surface area contributed by atoms with Gasteiger partial charge in [-0.3, -0.25) is 4.79 Å². The number of nitrogens with zero attached hydrogens (tertiary/aromatic N) is 2. The summed E-state index contributed by atoms with van der Waals surface area (Å²) >= 11 is 9.14. The van der Waals surface area contributed by atoms with Crippen molar-refractivity contribution in [2.45, 2.75) is 0 Å². The zero-order valence-electron chi connectivity index (χ0n) is 11.4. The highest BCUT2D eigenvalue weighted by molar-refractivity contribution is 9.10. The van der Waals surface area contributed by atoms with E-state index in [4.69, 9.17) is 16.3 Å². The van der Waals surface area contributed by atoms with Crippen LogP contribution in [0.4, 0.5) is 0 Å². The van der Waals surface area contributed by atoms with Gasteiger partial charge in [-0.1, -0.05) is 33.6 Å². The van der Waals surface area contributed by atoms with Crippen molar-refractivity contribution in [1.29, 1.82) is 0 Å². The average molecular weight is 370 g/mol. The Bertz CT molecular complexity index is 619. The van der Waals surface area contributed by atoms with E-state index in [-0.39, 0.29) is 5.91 Å². The zero-order valence-corrected chi connectivity index (χ0v) is 13.8. The van der Waals surface area contributed by atoms with Gasteiger partial charge in [-0.05, 0) is 36.4 Å². The number of aromatic nitrogens is 1. The van der Waals surface area contributed by atoms with Crippen molar-refractivity contribution in [1.82, 2.24) is 9.88 Å². The lowest BCUT2D eigenvalue weighted by Crippen LogP contribution is -2.31. The standard InChI is InChI=1S/C15H14BrClN2O2/c1-19(15(20)13-3-2-4-14(17)18-13)9-10-21-12-7-5-11(16)6-8-12/h2-8H,9-10H2,1H3. The Labute approximate surface area is 136 Å². The van der Waals surface area contributed by atoms with Crippen LogP contribution in [0.15, 0.2) is 46.9 Å². The van der Waals surface area contributed by atoms with Crippen molar-refractivity contribution in [3.63, 3.8) is 0 Å². The summed E-state index contributed by atoms with van der Waals surface area (Å²) in [6.45, 7) is 0.869. The number of benzene rings is 1. The van der Waals surface area contributed by atoms with Crippen LogP contribution in [0.25, 0.3) is 0 Å². The molecule has 2 aromatic rings. The fourth-order valence-corrected chi connectivity index (χ4v) is 2.08. The molecule has 0 N–H and O–H groups in total. The largest absolute Gasteiger partial charge is 0.492 e. The summed E-state index contributed by atoms with van der Waals surface area (Å²) in [6, 6.07) is 12.5. The Balaban J connectivity index is 1.85. The number of hydrogen-bond acceptors (Lipinski definition) is 3. The van der Waals surface area contributed by atoms with E-state index >= 15 is 0 Å². The number of halogens is 2. The normalized spacial score (nSPS) is 10.2. The first kappa shape index (κ1) is 15.8. The summed E-state index contributed by atoms with van der Waals surface area (Å²) in [4.78, 5) is 17.7. The van der Waals surface area contributed by atoms with Crippen molar-refractivity contribution in [2.75, 3.05) is 20.2 Å². The lowest BCUT2D eigenvalue weighted by atomic mass is 10.3. The number of amides is 1. The molecule has 0 atom stereocenters. The van der Waals surface area contributed by atoms with Gasteiger partial charge in [-0.15, -0.1) is 0 Å². The molecule has 0 bridgehead atoms. The molecular weight excluding hydrogens is 356 g/mol. The van der Waals surface area contributed by atoms with Crippen LogP contribution in [0, 0.1) is 0 Å².